The zero-order valence-corrected chi connectivity index (χ0v) is 11.3. The van der Waals surface area contributed by atoms with E-state index >= 15 is 0 Å². The number of para-hydroxylation sites is 2. The zero-order valence-electron chi connectivity index (χ0n) is 11.3. The van der Waals surface area contributed by atoms with Gasteiger partial charge in [0.1, 0.15) is 5.82 Å². The van der Waals surface area contributed by atoms with Gasteiger partial charge in [-0.05, 0) is 42.7 Å². The van der Waals surface area contributed by atoms with Crippen molar-refractivity contribution in [1.29, 1.82) is 0 Å². The molecule has 0 saturated heterocycles. The van der Waals surface area contributed by atoms with Crippen molar-refractivity contribution < 1.29 is 0 Å². The number of nitrogen functional groups attached to an aromatic ring is 1. The normalized spacial score (nSPS) is 14.8. The van der Waals surface area contributed by atoms with E-state index < -0.39 is 0 Å². The van der Waals surface area contributed by atoms with Crippen LogP contribution >= 0.6 is 0 Å². The van der Waals surface area contributed by atoms with Crippen molar-refractivity contribution in [3.8, 4) is 0 Å². The van der Waals surface area contributed by atoms with E-state index in [1.54, 1.807) is 0 Å². The number of fused-ring (bicyclic) bond motifs is 1. The molecular formula is C17H17N3. The van der Waals surface area contributed by atoms with E-state index in [9.17, 15) is 0 Å². The summed E-state index contributed by atoms with van der Waals surface area (Å²) in [6.07, 6.45) is 3.38. The van der Waals surface area contributed by atoms with E-state index in [4.69, 9.17) is 10.7 Å². The lowest BCUT2D eigenvalue weighted by molar-refractivity contribution is 0.716. The number of anilines is 1. The summed E-state index contributed by atoms with van der Waals surface area (Å²) < 4.78 is 2.42. The van der Waals surface area contributed by atoms with Gasteiger partial charge in [0.05, 0.1) is 11.0 Å². The molecule has 0 bridgehead atoms. The minimum atomic E-state index is 0.637. The topological polar surface area (TPSA) is 43.8 Å². The molecule has 1 aromatic heterocycles. The Morgan fingerprint density at radius 3 is 2.75 bits per heavy atom. The van der Waals surface area contributed by atoms with E-state index in [-0.39, 0.29) is 0 Å². The Kier molecular flexibility index (Phi) is 2.52. The van der Waals surface area contributed by atoms with Crippen molar-refractivity contribution in [3.63, 3.8) is 0 Å². The summed E-state index contributed by atoms with van der Waals surface area (Å²) >= 11 is 0. The van der Waals surface area contributed by atoms with Crippen LogP contribution in [-0.2, 0) is 6.42 Å². The molecule has 4 rings (SSSR count). The largest absolute Gasteiger partial charge is 0.399 e. The zero-order chi connectivity index (χ0) is 13.5. The molecular weight excluding hydrogens is 246 g/mol. The third-order valence-electron chi connectivity index (χ3n) is 3.89. The molecule has 2 N–H and O–H groups in total. The molecule has 3 nitrogen and oxygen atoms in total. The van der Waals surface area contributed by atoms with Crippen LogP contribution in [0.3, 0.4) is 0 Å². The highest BCUT2D eigenvalue weighted by Crippen LogP contribution is 2.39. The molecule has 20 heavy (non-hydrogen) atoms. The van der Waals surface area contributed by atoms with Gasteiger partial charge >= 0.3 is 0 Å². The molecule has 1 aliphatic rings. The third-order valence-corrected chi connectivity index (χ3v) is 3.89. The molecule has 2 aromatic carbocycles. The molecule has 0 spiro atoms. The Morgan fingerprint density at radius 1 is 1.10 bits per heavy atom. The molecule has 0 amide bonds. The second kappa shape index (κ2) is 4.37. The van der Waals surface area contributed by atoms with Gasteiger partial charge in [-0.2, -0.15) is 0 Å². The van der Waals surface area contributed by atoms with E-state index in [0.29, 0.717) is 6.04 Å². The van der Waals surface area contributed by atoms with E-state index in [0.717, 1.165) is 23.4 Å². The van der Waals surface area contributed by atoms with E-state index in [1.165, 1.54) is 23.9 Å². The minimum Gasteiger partial charge on any atom is -0.399 e. The Morgan fingerprint density at radius 2 is 1.95 bits per heavy atom. The van der Waals surface area contributed by atoms with Gasteiger partial charge in [-0.1, -0.05) is 24.3 Å². The van der Waals surface area contributed by atoms with Crippen LogP contribution in [0.4, 0.5) is 5.69 Å². The molecule has 0 unspecified atom stereocenters. The van der Waals surface area contributed by atoms with Crippen molar-refractivity contribution in [2.24, 2.45) is 0 Å². The average Bonchev–Trinajstić information content (AvgIpc) is 3.20. The lowest BCUT2D eigenvalue weighted by Gasteiger charge is -2.08. The highest BCUT2D eigenvalue weighted by atomic mass is 15.1. The first-order valence-corrected chi connectivity index (χ1v) is 7.11. The summed E-state index contributed by atoms with van der Waals surface area (Å²) in [6, 6.07) is 17.1. The smallest absolute Gasteiger partial charge is 0.114 e. The number of hydrogen-bond acceptors (Lipinski definition) is 2. The van der Waals surface area contributed by atoms with Crippen LogP contribution in [-0.4, -0.2) is 9.55 Å². The third kappa shape index (κ3) is 1.95. The van der Waals surface area contributed by atoms with Crippen LogP contribution in [0.1, 0.15) is 30.3 Å². The van der Waals surface area contributed by atoms with Gasteiger partial charge in [0.15, 0.2) is 0 Å². The predicted molar refractivity (Wildman–Crippen MR) is 81.7 cm³/mol. The van der Waals surface area contributed by atoms with Gasteiger partial charge in [0.25, 0.3) is 0 Å². The average molecular weight is 263 g/mol. The Balaban J connectivity index is 1.81. The van der Waals surface area contributed by atoms with Crippen LogP contribution in [0.15, 0.2) is 48.5 Å². The SMILES string of the molecule is Nc1cccc(Cc2nc3ccccc3n2C2CC2)c1. The summed E-state index contributed by atoms with van der Waals surface area (Å²) in [7, 11) is 0. The summed E-state index contributed by atoms with van der Waals surface area (Å²) in [4.78, 5) is 4.82. The first-order chi connectivity index (χ1) is 9.81. The number of hydrogen-bond donors (Lipinski definition) is 1. The number of aromatic nitrogens is 2. The standard InChI is InChI=1S/C17H17N3/c18-13-5-3-4-12(10-13)11-17-19-15-6-1-2-7-16(15)20(17)14-8-9-14/h1-7,10,14H,8-9,11,18H2. The van der Waals surface area contributed by atoms with E-state index in [2.05, 4.69) is 34.9 Å². The summed E-state index contributed by atoms with van der Waals surface area (Å²) in [5.41, 5.74) is 10.3. The van der Waals surface area contributed by atoms with Gasteiger partial charge in [-0.15, -0.1) is 0 Å². The second-order valence-electron chi connectivity index (χ2n) is 5.54. The predicted octanol–water partition coefficient (Wildman–Crippen LogP) is 3.54. The Bertz CT molecular complexity index is 769. The summed E-state index contributed by atoms with van der Waals surface area (Å²) in [5.74, 6) is 1.15. The molecule has 1 fully saturated rings. The number of imidazole rings is 1. The van der Waals surface area contributed by atoms with Crippen LogP contribution in [0.2, 0.25) is 0 Å². The molecule has 3 aromatic rings. The first-order valence-electron chi connectivity index (χ1n) is 7.11. The molecule has 3 heteroatoms. The molecule has 100 valence electrons. The monoisotopic (exact) mass is 263 g/mol. The maximum absolute atomic E-state index is 5.87. The van der Waals surface area contributed by atoms with Gasteiger partial charge in [0.2, 0.25) is 0 Å². The highest BCUT2D eigenvalue weighted by molar-refractivity contribution is 5.76. The van der Waals surface area contributed by atoms with Crippen LogP contribution in [0.25, 0.3) is 11.0 Å². The van der Waals surface area contributed by atoms with E-state index in [1.807, 2.05) is 18.2 Å². The van der Waals surface area contributed by atoms with Crippen molar-refractivity contribution in [2.75, 3.05) is 5.73 Å². The number of nitrogens with two attached hydrogens (primary N) is 1. The fourth-order valence-corrected chi connectivity index (χ4v) is 2.84. The molecule has 1 aliphatic carbocycles. The van der Waals surface area contributed by atoms with Crippen molar-refractivity contribution in [1.82, 2.24) is 9.55 Å². The molecule has 0 aliphatic heterocycles. The van der Waals surface area contributed by atoms with Crippen molar-refractivity contribution >= 4 is 16.7 Å². The number of rotatable bonds is 3. The van der Waals surface area contributed by atoms with Gasteiger partial charge in [0, 0.05) is 18.2 Å². The molecule has 1 heterocycles. The fraction of sp³-hybridized carbons (Fsp3) is 0.235. The quantitative estimate of drug-likeness (QED) is 0.734. The summed E-state index contributed by atoms with van der Waals surface area (Å²) in [5, 5.41) is 0. The lowest BCUT2D eigenvalue weighted by atomic mass is 10.1. The minimum absolute atomic E-state index is 0.637. The molecule has 0 radical (unpaired) electrons. The molecule has 0 atom stereocenters. The van der Waals surface area contributed by atoms with Crippen LogP contribution in [0, 0.1) is 0 Å². The first kappa shape index (κ1) is 11.5. The second-order valence-corrected chi connectivity index (χ2v) is 5.54. The molecule has 1 saturated carbocycles. The lowest BCUT2D eigenvalue weighted by Crippen LogP contribution is -2.02. The summed E-state index contributed by atoms with van der Waals surface area (Å²) in [6.45, 7) is 0. The van der Waals surface area contributed by atoms with Crippen LogP contribution < -0.4 is 5.73 Å². The van der Waals surface area contributed by atoms with Crippen molar-refractivity contribution in [3.05, 3.63) is 59.9 Å². The van der Waals surface area contributed by atoms with Gasteiger partial charge in [-0.3, -0.25) is 0 Å². The Labute approximate surface area is 118 Å². The van der Waals surface area contributed by atoms with Crippen molar-refractivity contribution in [2.45, 2.75) is 25.3 Å². The number of nitrogens with zero attached hydrogens (tertiary/aromatic N) is 2. The van der Waals surface area contributed by atoms with Gasteiger partial charge < -0.3 is 10.3 Å². The number of benzene rings is 2. The highest BCUT2D eigenvalue weighted by Gasteiger charge is 2.27. The van der Waals surface area contributed by atoms with Crippen LogP contribution in [0.5, 0.6) is 0 Å². The maximum Gasteiger partial charge on any atom is 0.114 e. The fourth-order valence-electron chi connectivity index (χ4n) is 2.84. The Hall–Kier alpha value is -2.29. The maximum atomic E-state index is 5.87. The van der Waals surface area contributed by atoms with Gasteiger partial charge in [-0.25, -0.2) is 4.98 Å².